The van der Waals surface area contributed by atoms with Crippen LogP contribution >= 0.6 is 0 Å². The van der Waals surface area contributed by atoms with E-state index in [2.05, 4.69) is 60.7 Å². The van der Waals surface area contributed by atoms with Gasteiger partial charge in [-0.2, -0.15) is 0 Å². The third-order valence-corrected chi connectivity index (χ3v) is 6.39. The van der Waals surface area contributed by atoms with Crippen LogP contribution in [0.4, 0.5) is 0 Å². The van der Waals surface area contributed by atoms with Gasteiger partial charge < -0.3 is 14.2 Å². The molecular formula is C29H34O3. The zero-order valence-electron chi connectivity index (χ0n) is 19.3. The molecule has 0 spiro atoms. The molecule has 2 bridgehead atoms. The number of unbranched alkanes of at least 4 members (excludes halogenated alkanes) is 1. The number of fused-ring (bicyclic) bond motifs is 2. The Balaban J connectivity index is 1.38. The Morgan fingerprint density at radius 3 is 2.47 bits per heavy atom. The van der Waals surface area contributed by atoms with Crippen molar-refractivity contribution in [2.24, 2.45) is 5.92 Å². The highest BCUT2D eigenvalue weighted by Crippen LogP contribution is 2.38. The molecule has 4 rings (SSSR count). The van der Waals surface area contributed by atoms with E-state index in [0.29, 0.717) is 5.92 Å². The summed E-state index contributed by atoms with van der Waals surface area (Å²) in [6, 6.07) is 17.0. The lowest BCUT2D eigenvalue weighted by Gasteiger charge is -2.20. The van der Waals surface area contributed by atoms with Crippen molar-refractivity contribution in [2.45, 2.75) is 51.4 Å². The number of ether oxygens (including phenoxy) is 3. The molecule has 1 unspecified atom stereocenters. The fourth-order valence-electron chi connectivity index (χ4n) is 4.62. The van der Waals surface area contributed by atoms with Gasteiger partial charge in [-0.1, -0.05) is 42.5 Å². The first kappa shape index (κ1) is 22.3. The molecule has 0 amide bonds. The van der Waals surface area contributed by atoms with Gasteiger partial charge in [0.2, 0.25) is 0 Å². The second-order valence-electron chi connectivity index (χ2n) is 8.68. The predicted octanol–water partition coefficient (Wildman–Crippen LogP) is 7.49. The van der Waals surface area contributed by atoms with Gasteiger partial charge >= 0.3 is 0 Å². The second kappa shape index (κ2) is 11.1. The lowest BCUT2D eigenvalue weighted by Crippen LogP contribution is -2.04. The highest BCUT2D eigenvalue weighted by atomic mass is 16.5. The van der Waals surface area contributed by atoms with Crippen LogP contribution in [-0.4, -0.2) is 14.2 Å². The molecule has 1 atom stereocenters. The summed E-state index contributed by atoms with van der Waals surface area (Å²) in [4.78, 5) is 0. The fourth-order valence-corrected chi connectivity index (χ4v) is 4.62. The van der Waals surface area contributed by atoms with Crippen LogP contribution in [0.3, 0.4) is 0 Å². The first-order valence-electron chi connectivity index (χ1n) is 11.8. The van der Waals surface area contributed by atoms with E-state index >= 15 is 0 Å². The molecule has 168 valence electrons. The smallest absolute Gasteiger partial charge is 0.161 e. The monoisotopic (exact) mass is 430 g/mol. The molecule has 1 aliphatic carbocycles. The van der Waals surface area contributed by atoms with Crippen LogP contribution in [0.2, 0.25) is 0 Å². The average Bonchev–Trinajstić information content (AvgIpc) is 3.03. The number of allylic oxidation sites excluding steroid dienone is 6. The third-order valence-electron chi connectivity index (χ3n) is 6.39. The molecule has 0 fully saturated rings. The van der Waals surface area contributed by atoms with Crippen molar-refractivity contribution in [3.05, 3.63) is 89.4 Å². The molecule has 0 N–H and O–H groups in total. The largest absolute Gasteiger partial charge is 0.493 e. The van der Waals surface area contributed by atoms with Crippen molar-refractivity contribution in [2.75, 3.05) is 14.2 Å². The summed E-state index contributed by atoms with van der Waals surface area (Å²) < 4.78 is 17.3. The van der Waals surface area contributed by atoms with Gasteiger partial charge in [0.05, 0.1) is 20.0 Å². The molecule has 2 aliphatic rings. The van der Waals surface area contributed by atoms with Crippen molar-refractivity contribution >= 4 is 5.57 Å². The Labute approximate surface area is 192 Å². The number of hydrogen-bond donors (Lipinski definition) is 0. The Kier molecular flexibility index (Phi) is 7.71. The lowest BCUT2D eigenvalue weighted by atomic mass is 9.87. The maximum Gasteiger partial charge on any atom is 0.161 e. The molecule has 3 heteroatoms. The molecule has 2 aromatic rings. The summed E-state index contributed by atoms with van der Waals surface area (Å²) >= 11 is 0. The second-order valence-corrected chi connectivity index (χ2v) is 8.68. The van der Waals surface area contributed by atoms with Gasteiger partial charge in [0, 0.05) is 12.8 Å². The minimum atomic E-state index is 0.558. The predicted molar refractivity (Wildman–Crippen MR) is 131 cm³/mol. The number of hydrogen-bond acceptors (Lipinski definition) is 3. The number of methoxy groups -OCH3 is 2. The molecule has 1 aliphatic heterocycles. The quantitative estimate of drug-likeness (QED) is 0.406. The Morgan fingerprint density at radius 1 is 0.844 bits per heavy atom. The first-order valence-corrected chi connectivity index (χ1v) is 11.8. The number of benzene rings is 2. The SMILES string of the molecule is COc1ccc(C2=CCC=C3CC(CC=C(CCCCc4ccccc4)O3)C2)cc1OC. The van der Waals surface area contributed by atoms with Gasteiger partial charge in [-0.15, -0.1) is 0 Å². The van der Waals surface area contributed by atoms with Crippen LogP contribution in [0.1, 0.15) is 56.1 Å². The molecule has 2 aromatic carbocycles. The zero-order valence-corrected chi connectivity index (χ0v) is 19.3. The topological polar surface area (TPSA) is 27.7 Å². The van der Waals surface area contributed by atoms with Gasteiger partial charge in [0.1, 0.15) is 5.76 Å². The van der Waals surface area contributed by atoms with Gasteiger partial charge in [0.25, 0.3) is 0 Å². The van der Waals surface area contributed by atoms with E-state index < -0.39 is 0 Å². The number of rotatable bonds is 8. The van der Waals surface area contributed by atoms with Gasteiger partial charge in [-0.05, 0) is 85.4 Å². The van der Waals surface area contributed by atoms with E-state index in [1.165, 1.54) is 23.1 Å². The lowest BCUT2D eigenvalue weighted by molar-refractivity contribution is 0.269. The van der Waals surface area contributed by atoms with Crippen LogP contribution < -0.4 is 9.47 Å². The highest BCUT2D eigenvalue weighted by Gasteiger charge is 2.21. The molecular weight excluding hydrogens is 396 g/mol. The van der Waals surface area contributed by atoms with E-state index in [-0.39, 0.29) is 0 Å². The molecule has 0 radical (unpaired) electrons. The van der Waals surface area contributed by atoms with Gasteiger partial charge in [0.15, 0.2) is 11.5 Å². The molecule has 0 saturated heterocycles. The normalized spacial score (nSPS) is 18.2. The van der Waals surface area contributed by atoms with E-state index in [4.69, 9.17) is 14.2 Å². The van der Waals surface area contributed by atoms with E-state index in [0.717, 1.165) is 68.0 Å². The molecule has 0 aromatic heterocycles. The zero-order chi connectivity index (χ0) is 22.2. The summed E-state index contributed by atoms with van der Waals surface area (Å²) in [5.74, 6) is 4.41. The summed E-state index contributed by atoms with van der Waals surface area (Å²) in [7, 11) is 3.37. The van der Waals surface area contributed by atoms with Crippen molar-refractivity contribution in [3.8, 4) is 11.5 Å². The van der Waals surface area contributed by atoms with Crippen LogP contribution in [0.15, 0.2) is 78.3 Å². The fraction of sp³-hybridized carbons (Fsp3) is 0.379. The minimum Gasteiger partial charge on any atom is -0.493 e. The van der Waals surface area contributed by atoms with Gasteiger partial charge in [-0.25, -0.2) is 0 Å². The van der Waals surface area contributed by atoms with Crippen molar-refractivity contribution in [1.29, 1.82) is 0 Å². The standard InChI is InChI=1S/C29H34O3/c1-30-28-18-16-25(21-29(28)31-2)24-12-8-14-27-20-23(19-24)15-17-26(32-27)13-7-6-11-22-9-4-3-5-10-22/h3-5,9-10,12,14,16-18,21,23H,6-8,11,13,15,19-20H2,1-2H3. The molecule has 32 heavy (non-hydrogen) atoms. The molecule has 3 nitrogen and oxygen atoms in total. The Hall–Kier alpha value is -2.94. The molecule has 1 heterocycles. The van der Waals surface area contributed by atoms with Crippen LogP contribution in [0.5, 0.6) is 11.5 Å². The average molecular weight is 431 g/mol. The van der Waals surface area contributed by atoms with Crippen molar-refractivity contribution in [3.63, 3.8) is 0 Å². The minimum absolute atomic E-state index is 0.558. The summed E-state index contributed by atoms with van der Waals surface area (Å²) in [6.07, 6.45) is 15.5. The van der Waals surface area contributed by atoms with Crippen LogP contribution in [0.25, 0.3) is 5.57 Å². The first-order chi connectivity index (χ1) is 15.7. The summed E-state index contributed by atoms with van der Waals surface area (Å²) in [6.45, 7) is 0. The van der Waals surface area contributed by atoms with E-state index in [9.17, 15) is 0 Å². The Bertz CT molecular complexity index is 985. The van der Waals surface area contributed by atoms with E-state index in [1.807, 2.05) is 6.07 Å². The Morgan fingerprint density at radius 2 is 1.66 bits per heavy atom. The maximum absolute atomic E-state index is 6.33. The van der Waals surface area contributed by atoms with Crippen LogP contribution in [0, 0.1) is 5.92 Å². The highest BCUT2D eigenvalue weighted by molar-refractivity contribution is 5.68. The van der Waals surface area contributed by atoms with Crippen molar-refractivity contribution < 1.29 is 14.2 Å². The van der Waals surface area contributed by atoms with Crippen LogP contribution in [-0.2, 0) is 11.2 Å². The number of aryl methyl sites for hydroxylation is 1. The maximum atomic E-state index is 6.33. The van der Waals surface area contributed by atoms with Gasteiger partial charge in [-0.3, -0.25) is 0 Å². The van der Waals surface area contributed by atoms with E-state index in [1.54, 1.807) is 14.2 Å². The summed E-state index contributed by atoms with van der Waals surface area (Å²) in [5, 5.41) is 0. The third kappa shape index (κ3) is 5.85. The molecule has 0 saturated carbocycles. The van der Waals surface area contributed by atoms with Crippen molar-refractivity contribution in [1.82, 2.24) is 0 Å². The summed E-state index contributed by atoms with van der Waals surface area (Å²) in [5.41, 5.74) is 4.02.